The molecule has 26 heavy (non-hydrogen) atoms. The topological polar surface area (TPSA) is 59.5 Å². The molecule has 0 saturated heterocycles. The van der Waals surface area contributed by atoms with Crippen LogP contribution in [0.25, 0.3) is 10.6 Å². The highest BCUT2D eigenvalue weighted by molar-refractivity contribution is 7.14. The predicted octanol–water partition coefficient (Wildman–Crippen LogP) is 4.01. The van der Waals surface area contributed by atoms with E-state index in [1.54, 1.807) is 25.3 Å². The van der Waals surface area contributed by atoms with Crippen molar-refractivity contribution in [2.75, 3.05) is 11.9 Å². The standard InChI is InChI=1S/C19H18N2O3S2/c1-13(19(23)21(2)16-6-4-3-5-7-16)24-17(22)10-15-12-26-18(20-15)14-8-9-25-11-14/h3-9,11-13H,10H2,1-2H3/t13-/m0/s1. The van der Waals surface area contributed by atoms with E-state index in [1.807, 2.05) is 52.5 Å². The number of ether oxygens (including phenoxy) is 1. The minimum atomic E-state index is -0.859. The van der Waals surface area contributed by atoms with E-state index < -0.39 is 12.1 Å². The van der Waals surface area contributed by atoms with Gasteiger partial charge in [-0.25, -0.2) is 4.98 Å². The zero-order valence-electron chi connectivity index (χ0n) is 14.4. The van der Waals surface area contributed by atoms with Gasteiger partial charge in [-0.1, -0.05) is 18.2 Å². The first-order chi connectivity index (χ1) is 12.5. The molecule has 0 saturated carbocycles. The van der Waals surface area contributed by atoms with Crippen LogP contribution in [0, 0.1) is 0 Å². The zero-order chi connectivity index (χ0) is 18.5. The van der Waals surface area contributed by atoms with Gasteiger partial charge in [0.25, 0.3) is 5.91 Å². The Morgan fingerprint density at radius 2 is 1.96 bits per heavy atom. The molecular formula is C19H18N2O3S2. The second-order valence-electron chi connectivity index (χ2n) is 5.70. The Hall–Kier alpha value is -2.51. The van der Waals surface area contributed by atoms with Crippen LogP contribution in [-0.4, -0.2) is 30.0 Å². The third-order valence-electron chi connectivity index (χ3n) is 3.78. The summed E-state index contributed by atoms with van der Waals surface area (Å²) < 4.78 is 5.30. The number of para-hydroxylation sites is 1. The van der Waals surface area contributed by atoms with Crippen LogP contribution in [0.15, 0.2) is 52.5 Å². The van der Waals surface area contributed by atoms with Crippen molar-refractivity contribution in [3.63, 3.8) is 0 Å². The molecule has 2 heterocycles. The van der Waals surface area contributed by atoms with Crippen LogP contribution in [0.2, 0.25) is 0 Å². The number of aromatic nitrogens is 1. The monoisotopic (exact) mass is 386 g/mol. The fraction of sp³-hybridized carbons (Fsp3) is 0.211. The number of likely N-dealkylation sites (N-methyl/N-ethyl adjacent to an activating group) is 1. The summed E-state index contributed by atoms with van der Waals surface area (Å²) in [5, 5.41) is 6.72. The minimum Gasteiger partial charge on any atom is -0.452 e. The van der Waals surface area contributed by atoms with Gasteiger partial charge in [-0.2, -0.15) is 11.3 Å². The number of thiophene rings is 1. The van der Waals surface area contributed by atoms with E-state index in [-0.39, 0.29) is 12.3 Å². The number of carbonyl (C=O) groups is 2. The second-order valence-corrected chi connectivity index (χ2v) is 7.34. The van der Waals surface area contributed by atoms with Crippen LogP contribution in [-0.2, 0) is 20.7 Å². The molecular weight excluding hydrogens is 368 g/mol. The Morgan fingerprint density at radius 1 is 1.19 bits per heavy atom. The minimum absolute atomic E-state index is 0.0489. The van der Waals surface area contributed by atoms with Crippen LogP contribution in [0.5, 0.6) is 0 Å². The van der Waals surface area contributed by atoms with Crippen LogP contribution in [0.3, 0.4) is 0 Å². The molecule has 0 aliphatic carbocycles. The molecule has 0 fully saturated rings. The van der Waals surface area contributed by atoms with E-state index >= 15 is 0 Å². The quantitative estimate of drug-likeness (QED) is 0.601. The van der Waals surface area contributed by atoms with Crippen molar-refractivity contribution >= 4 is 40.2 Å². The smallest absolute Gasteiger partial charge is 0.312 e. The molecule has 0 aliphatic heterocycles. The van der Waals surface area contributed by atoms with Gasteiger partial charge in [-0.15, -0.1) is 11.3 Å². The number of rotatable bonds is 6. The van der Waals surface area contributed by atoms with Crippen molar-refractivity contribution in [3.8, 4) is 10.6 Å². The van der Waals surface area contributed by atoms with Crippen molar-refractivity contribution < 1.29 is 14.3 Å². The molecule has 0 spiro atoms. The number of thiazole rings is 1. The van der Waals surface area contributed by atoms with Crippen molar-refractivity contribution in [2.45, 2.75) is 19.4 Å². The van der Waals surface area contributed by atoms with E-state index in [0.29, 0.717) is 5.69 Å². The molecule has 1 amide bonds. The lowest BCUT2D eigenvalue weighted by atomic mass is 10.2. The van der Waals surface area contributed by atoms with Crippen LogP contribution < -0.4 is 4.90 Å². The zero-order valence-corrected chi connectivity index (χ0v) is 16.0. The molecule has 0 aliphatic rings. The van der Waals surface area contributed by atoms with Gasteiger partial charge in [0.2, 0.25) is 0 Å². The Morgan fingerprint density at radius 3 is 2.65 bits per heavy atom. The lowest BCUT2D eigenvalue weighted by molar-refractivity contribution is -0.153. The first kappa shape index (κ1) is 18.3. The van der Waals surface area contributed by atoms with Crippen LogP contribution in [0.1, 0.15) is 12.6 Å². The normalized spacial score (nSPS) is 11.8. The number of anilines is 1. The summed E-state index contributed by atoms with van der Waals surface area (Å²) in [4.78, 5) is 30.5. The van der Waals surface area contributed by atoms with Crippen LogP contribution >= 0.6 is 22.7 Å². The van der Waals surface area contributed by atoms with E-state index in [0.717, 1.165) is 16.3 Å². The number of hydrogen-bond acceptors (Lipinski definition) is 6. The summed E-state index contributed by atoms with van der Waals surface area (Å²) in [6.45, 7) is 1.58. The molecule has 3 rings (SSSR count). The van der Waals surface area contributed by atoms with Crippen molar-refractivity contribution in [3.05, 3.63) is 58.2 Å². The Bertz CT molecular complexity index is 875. The van der Waals surface area contributed by atoms with E-state index in [4.69, 9.17) is 4.74 Å². The number of carbonyl (C=O) groups excluding carboxylic acids is 2. The van der Waals surface area contributed by atoms with E-state index in [2.05, 4.69) is 4.98 Å². The maximum atomic E-state index is 12.4. The molecule has 0 unspecified atom stereocenters. The maximum absolute atomic E-state index is 12.4. The number of hydrogen-bond donors (Lipinski definition) is 0. The summed E-state index contributed by atoms with van der Waals surface area (Å²) >= 11 is 3.09. The summed E-state index contributed by atoms with van der Waals surface area (Å²) in [6.07, 6.45) is -0.810. The summed E-state index contributed by atoms with van der Waals surface area (Å²) in [7, 11) is 1.66. The lowest BCUT2D eigenvalue weighted by Crippen LogP contribution is -2.37. The molecule has 134 valence electrons. The molecule has 1 atom stereocenters. The average molecular weight is 386 g/mol. The average Bonchev–Trinajstić information content (AvgIpc) is 3.32. The first-order valence-electron chi connectivity index (χ1n) is 8.03. The van der Waals surface area contributed by atoms with Crippen molar-refractivity contribution in [1.82, 2.24) is 4.98 Å². The molecule has 7 heteroatoms. The third kappa shape index (κ3) is 4.36. The summed E-state index contributed by atoms with van der Waals surface area (Å²) in [5.41, 5.74) is 2.45. The second kappa shape index (κ2) is 8.25. The summed E-state index contributed by atoms with van der Waals surface area (Å²) in [6, 6.07) is 11.2. The van der Waals surface area contributed by atoms with Gasteiger partial charge in [0.05, 0.1) is 12.1 Å². The van der Waals surface area contributed by atoms with E-state index in [1.165, 1.54) is 16.2 Å². The summed E-state index contributed by atoms with van der Waals surface area (Å²) in [5.74, 6) is -0.740. The Kier molecular flexibility index (Phi) is 5.80. The lowest BCUT2D eigenvalue weighted by Gasteiger charge is -2.21. The molecule has 0 radical (unpaired) electrons. The first-order valence-corrected chi connectivity index (χ1v) is 9.86. The van der Waals surface area contributed by atoms with Crippen LogP contribution in [0.4, 0.5) is 5.69 Å². The highest BCUT2D eigenvalue weighted by atomic mass is 32.1. The highest BCUT2D eigenvalue weighted by Crippen LogP contribution is 2.26. The fourth-order valence-electron chi connectivity index (χ4n) is 2.40. The third-order valence-corrected chi connectivity index (χ3v) is 5.40. The number of esters is 1. The Balaban J connectivity index is 1.56. The van der Waals surface area contributed by atoms with Gasteiger partial charge >= 0.3 is 5.97 Å². The number of nitrogens with zero attached hydrogens (tertiary/aromatic N) is 2. The van der Waals surface area contributed by atoms with Gasteiger partial charge in [-0.3, -0.25) is 9.59 Å². The maximum Gasteiger partial charge on any atom is 0.312 e. The predicted molar refractivity (Wildman–Crippen MR) is 105 cm³/mol. The van der Waals surface area contributed by atoms with Gasteiger partial charge in [0, 0.05) is 29.1 Å². The largest absolute Gasteiger partial charge is 0.452 e. The van der Waals surface area contributed by atoms with Gasteiger partial charge in [-0.05, 0) is 30.5 Å². The Labute approximate surface area is 159 Å². The molecule has 5 nitrogen and oxygen atoms in total. The highest BCUT2D eigenvalue weighted by Gasteiger charge is 2.23. The van der Waals surface area contributed by atoms with Gasteiger partial charge in [0.15, 0.2) is 6.10 Å². The van der Waals surface area contributed by atoms with Gasteiger partial charge < -0.3 is 9.64 Å². The molecule has 0 bridgehead atoms. The van der Waals surface area contributed by atoms with Crippen molar-refractivity contribution in [2.24, 2.45) is 0 Å². The number of amides is 1. The molecule has 2 aromatic heterocycles. The fourth-order valence-corrected chi connectivity index (χ4v) is 3.93. The molecule has 3 aromatic rings. The van der Waals surface area contributed by atoms with Gasteiger partial charge in [0.1, 0.15) is 5.01 Å². The molecule has 1 aromatic carbocycles. The van der Waals surface area contributed by atoms with E-state index in [9.17, 15) is 9.59 Å². The SMILES string of the molecule is C[C@H](OC(=O)Cc1csc(-c2ccsc2)n1)C(=O)N(C)c1ccccc1. The molecule has 0 N–H and O–H groups in total. The van der Waals surface area contributed by atoms with Crippen molar-refractivity contribution in [1.29, 1.82) is 0 Å². The number of benzene rings is 1.